The zero-order valence-electron chi connectivity index (χ0n) is 16.4. The molecule has 3 fully saturated rings. The molecule has 2 bridgehead atoms. The molecule has 10 nitrogen and oxygen atoms in total. The standard InChI is InChI=1S/C19H26N2O8S/c1-17(27,10-23)14(24)19-16(26)20-18(28,15(25)21-19)12(5-6-29-19)9-30-13-4-2-3-11(7-13)8-22/h2-4,7,12,14,22-24,27-28H,5-6,8-10H2,1H3,(H,20,26)(H,21,25)/t12?,14-,17-,18+,19-/m0/s1. The van der Waals surface area contributed by atoms with Crippen LogP contribution in [0.4, 0.5) is 0 Å². The average molecular weight is 442 g/mol. The summed E-state index contributed by atoms with van der Waals surface area (Å²) in [6.45, 7) is -0.0137. The predicted octanol–water partition coefficient (Wildman–Crippen LogP) is -1.96. The molecule has 3 aliphatic heterocycles. The number of benzene rings is 1. The first-order valence-corrected chi connectivity index (χ1v) is 10.4. The summed E-state index contributed by atoms with van der Waals surface area (Å²) in [5.41, 5.74) is -6.01. The van der Waals surface area contributed by atoms with E-state index in [1.807, 2.05) is 6.07 Å². The number of piperazine rings is 1. The number of amides is 2. The normalized spacial score (nSPS) is 31.9. The summed E-state index contributed by atoms with van der Waals surface area (Å²) in [6.07, 6.45) is -1.82. The molecule has 0 spiro atoms. The first kappa shape index (κ1) is 22.9. The van der Waals surface area contributed by atoms with E-state index in [9.17, 15) is 35.1 Å². The molecule has 3 aliphatic rings. The molecule has 1 aromatic rings. The van der Waals surface area contributed by atoms with Crippen LogP contribution in [-0.2, 0) is 20.9 Å². The zero-order valence-corrected chi connectivity index (χ0v) is 17.2. The highest BCUT2D eigenvalue weighted by molar-refractivity contribution is 7.99. The lowest BCUT2D eigenvalue weighted by Gasteiger charge is -2.51. The van der Waals surface area contributed by atoms with Gasteiger partial charge >= 0.3 is 0 Å². The fourth-order valence-corrected chi connectivity index (χ4v) is 4.74. The highest BCUT2D eigenvalue weighted by Gasteiger charge is 2.64. The Kier molecular flexibility index (Phi) is 6.44. The van der Waals surface area contributed by atoms with Crippen molar-refractivity contribution in [2.24, 2.45) is 5.92 Å². The van der Waals surface area contributed by atoms with Gasteiger partial charge in [0.25, 0.3) is 17.5 Å². The van der Waals surface area contributed by atoms with Crippen LogP contribution in [-0.4, -0.2) is 79.5 Å². The van der Waals surface area contributed by atoms with Crippen molar-refractivity contribution in [1.82, 2.24) is 10.6 Å². The third kappa shape index (κ3) is 3.94. The molecular formula is C19H26N2O8S. The second kappa shape index (κ2) is 8.42. The van der Waals surface area contributed by atoms with E-state index < -0.39 is 47.5 Å². The smallest absolute Gasteiger partial charge is 0.278 e. The van der Waals surface area contributed by atoms with Crippen LogP contribution in [0.25, 0.3) is 0 Å². The Hall–Kier alpha value is -1.73. The maximum atomic E-state index is 12.8. The second-order valence-electron chi connectivity index (χ2n) is 7.78. The van der Waals surface area contributed by atoms with E-state index in [1.165, 1.54) is 11.8 Å². The van der Waals surface area contributed by atoms with Gasteiger partial charge in [-0.25, -0.2) is 0 Å². The molecule has 0 radical (unpaired) electrons. The van der Waals surface area contributed by atoms with Gasteiger partial charge in [0.2, 0.25) is 5.72 Å². The lowest BCUT2D eigenvalue weighted by atomic mass is 9.83. The highest BCUT2D eigenvalue weighted by atomic mass is 32.2. The number of aliphatic hydroxyl groups is 5. The highest BCUT2D eigenvalue weighted by Crippen LogP contribution is 2.36. The number of ether oxygens (including phenoxy) is 1. The predicted molar refractivity (Wildman–Crippen MR) is 105 cm³/mol. The number of carbonyl (C=O) groups excluding carboxylic acids is 2. The number of hydrogen-bond donors (Lipinski definition) is 7. The molecular weight excluding hydrogens is 416 g/mol. The second-order valence-corrected chi connectivity index (χ2v) is 8.87. The molecule has 7 N–H and O–H groups in total. The van der Waals surface area contributed by atoms with Gasteiger partial charge < -0.3 is 40.9 Å². The molecule has 1 unspecified atom stereocenters. The van der Waals surface area contributed by atoms with Gasteiger partial charge in [-0.15, -0.1) is 11.8 Å². The van der Waals surface area contributed by atoms with Crippen LogP contribution in [0.3, 0.4) is 0 Å². The zero-order chi connectivity index (χ0) is 22.2. The fourth-order valence-electron chi connectivity index (χ4n) is 3.53. The van der Waals surface area contributed by atoms with Gasteiger partial charge in [-0.1, -0.05) is 12.1 Å². The van der Waals surface area contributed by atoms with Gasteiger partial charge in [0, 0.05) is 16.6 Å². The van der Waals surface area contributed by atoms with Gasteiger partial charge in [0.15, 0.2) is 0 Å². The summed E-state index contributed by atoms with van der Waals surface area (Å²) in [6, 6.07) is 7.15. The minimum Gasteiger partial charge on any atom is -0.393 e. The topological polar surface area (TPSA) is 169 Å². The molecule has 2 amide bonds. The molecule has 1 aromatic carbocycles. The molecule has 0 saturated carbocycles. The third-order valence-corrected chi connectivity index (χ3v) is 6.66. The maximum Gasteiger partial charge on any atom is 0.278 e. The average Bonchev–Trinajstić information content (AvgIpc) is 2.72. The van der Waals surface area contributed by atoms with Crippen molar-refractivity contribution in [3.8, 4) is 0 Å². The number of rotatable bonds is 7. The Bertz CT molecular complexity index is 821. The Labute approximate surface area is 177 Å². The minimum atomic E-state index is -2.34. The first-order valence-electron chi connectivity index (χ1n) is 9.44. The molecule has 5 atom stereocenters. The number of hydrogen-bond acceptors (Lipinski definition) is 9. The third-order valence-electron chi connectivity index (χ3n) is 5.50. The van der Waals surface area contributed by atoms with Crippen molar-refractivity contribution >= 4 is 23.6 Å². The number of thioether (sulfide) groups is 1. The SMILES string of the molecule is C[C@](O)(CO)[C@H](O)[C@@]12NC(=O)[C@@](O)(NC1=O)C(CSc1cccc(CO)c1)CCO2. The summed E-state index contributed by atoms with van der Waals surface area (Å²) in [7, 11) is 0. The van der Waals surface area contributed by atoms with Gasteiger partial charge in [-0.3, -0.25) is 9.59 Å². The largest absolute Gasteiger partial charge is 0.393 e. The van der Waals surface area contributed by atoms with Crippen molar-refractivity contribution in [2.45, 2.75) is 48.0 Å². The van der Waals surface area contributed by atoms with Crippen molar-refractivity contribution in [3.05, 3.63) is 29.8 Å². The molecule has 166 valence electrons. The van der Waals surface area contributed by atoms with Crippen molar-refractivity contribution in [1.29, 1.82) is 0 Å². The van der Waals surface area contributed by atoms with E-state index in [2.05, 4.69) is 10.6 Å². The Morgan fingerprint density at radius 2 is 2.03 bits per heavy atom. The lowest BCUT2D eigenvalue weighted by molar-refractivity contribution is -0.240. The van der Waals surface area contributed by atoms with Gasteiger partial charge in [0.1, 0.15) is 11.7 Å². The van der Waals surface area contributed by atoms with Crippen LogP contribution in [0.2, 0.25) is 0 Å². The first-order chi connectivity index (χ1) is 14.1. The van der Waals surface area contributed by atoms with E-state index in [-0.39, 0.29) is 25.4 Å². The minimum absolute atomic E-state index is 0.101. The number of carbonyl (C=O) groups is 2. The van der Waals surface area contributed by atoms with Crippen LogP contribution >= 0.6 is 11.8 Å². The van der Waals surface area contributed by atoms with Gasteiger partial charge in [0.05, 0.1) is 19.8 Å². The molecule has 30 heavy (non-hydrogen) atoms. The molecule has 11 heteroatoms. The lowest BCUT2D eigenvalue weighted by Crippen LogP contribution is -2.83. The van der Waals surface area contributed by atoms with Crippen molar-refractivity contribution in [2.75, 3.05) is 19.0 Å². The van der Waals surface area contributed by atoms with Gasteiger partial charge in [-0.2, -0.15) is 0 Å². The van der Waals surface area contributed by atoms with E-state index >= 15 is 0 Å². The summed E-state index contributed by atoms with van der Waals surface area (Å²) < 4.78 is 5.54. The van der Waals surface area contributed by atoms with Crippen LogP contribution in [0.5, 0.6) is 0 Å². The van der Waals surface area contributed by atoms with Crippen LogP contribution in [0.1, 0.15) is 18.9 Å². The summed E-state index contributed by atoms with van der Waals surface area (Å²) in [5.74, 6) is -2.48. The maximum absolute atomic E-state index is 12.8. The quantitative estimate of drug-likeness (QED) is 0.237. The molecule has 3 saturated heterocycles. The van der Waals surface area contributed by atoms with Gasteiger partial charge in [-0.05, 0) is 31.0 Å². The van der Waals surface area contributed by atoms with Crippen molar-refractivity contribution < 1.29 is 39.9 Å². The molecule has 4 rings (SSSR count). The van der Waals surface area contributed by atoms with E-state index in [0.29, 0.717) is 0 Å². The van der Waals surface area contributed by atoms with E-state index in [1.54, 1.807) is 18.2 Å². The van der Waals surface area contributed by atoms with Crippen molar-refractivity contribution in [3.63, 3.8) is 0 Å². The van der Waals surface area contributed by atoms with Crippen LogP contribution in [0, 0.1) is 5.92 Å². The Morgan fingerprint density at radius 1 is 1.30 bits per heavy atom. The summed E-state index contributed by atoms with van der Waals surface area (Å²) in [4.78, 5) is 26.4. The Morgan fingerprint density at radius 3 is 2.70 bits per heavy atom. The monoisotopic (exact) mass is 442 g/mol. The fraction of sp³-hybridized carbons (Fsp3) is 0.579. The molecule has 3 heterocycles. The molecule has 0 aromatic heterocycles. The Balaban J connectivity index is 1.82. The summed E-state index contributed by atoms with van der Waals surface area (Å²) >= 11 is 1.34. The summed E-state index contributed by atoms with van der Waals surface area (Å²) in [5, 5.41) is 54.8. The number of fused-ring (bicyclic) bond motifs is 5. The van der Waals surface area contributed by atoms with Crippen LogP contribution in [0.15, 0.2) is 29.2 Å². The van der Waals surface area contributed by atoms with E-state index in [0.717, 1.165) is 17.4 Å². The van der Waals surface area contributed by atoms with Crippen LogP contribution < -0.4 is 10.6 Å². The van der Waals surface area contributed by atoms with E-state index in [4.69, 9.17) is 4.74 Å². The molecule has 0 aliphatic carbocycles. The number of aliphatic hydroxyl groups excluding tert-OH is 3. The number of nitrogens with one attached hydrogen (secondary N) is 2.